The Kier molecular flexibility index (Phi) is 7.33. The first kappa shape index (κ1) is 22.8. The van der Waals surface area contributed by atoms with E-state index in [1.54, 1.807) is 11.0 Å². The van der Waals surface area contributed by atoms with Gasteiger partial charge in [-0.2, -0.15) is 0 Å². The molecule has 1 aromatic heterocycles. The van der Waals surface area contributed by atoms with Crippen molar-refractivity contribution in [2.45, 2.75) is 53.1 Å². The van der Waals surface area contributed by atoms with Gasteiger partial charge in [0.05, 0.1) is 17.1 Å². The second-order valence-corrected chi connectivity index (χ2v) is 8.47. The lowest BCUT2D eigenvalue weighted by molar-refractivity contribution is -0.136. The van der Waals surface area contributed by atoms with Crippen molar-refractivity contribution in [1.82, 2.24) is 15.1 Å². The molecule has 1 amide bonds. The SMILES string of the molecule is Cc1cc(OCC(=O)N(Cc2nnc(-c3ccccc3Cl)o2)C(C)C)ccc1C(C)C. The molecule has 0 fully saturated rings. The Hall–Kier alpha value is -2.86. The Morgan fingerprint density at radius 2 is 1.87 bits per heavy atom. The number of benzene rings is 2. The zero-order valence-electron chi connectivity index (χ0n) is 18.6. The molecule has 2 aromatic carbocycles. The number of ether oxygens (including phenoxy) is 1. The molecule has 0 saturated carbocycles. The van der Waals surface area contributed by atoms with Crippen molar-refractivity contribution in [3.8, 4) is 17.2 Å². The number of nitrogens with zero attached hydrogens (tertiary/aromatic N) is 3. The molecular formula is C24H28ClN3O3. The Morgan fingerprint density at radius 1 is 1.13 bits per heavy atom. The van der Waals surface area contributed by atoms with Crippen molar-refractivity contribution in [2.75, 3.05) is 6.61 Å². The molecule has 0 radical (unpaired) electrons. The van der Waals surface area contributed by atoms with E-state index >= 15 is 0 Å². The van der Waals surface area contributed by atoms with E-state index in [0.717, 1.165) is 5.56 Å². The van der Waals surface area contributed by atoms with E-state index in [1.165, 1.54) is 5.56 Å². The van der Waals surface area contributed by atoms with Crippen molar-refractivity contribution >= 4 is 17.5 Å². The molecule has 0 saturated heterocycles. The van der Waals surface area contributed by atoms with E-state index in [-0.39, 0.29) is 25.1 Å². The highest BCUT2D eigenvalue weighted by Gasteiger charge is 2.22. The highest BCUT2D eigenvalue weighted by atomic mass is 35.5. The lowest BCUT2D eigenvalue weighted by atomic mass is 9.98. The van der Waals surface area contributed by atoms with Gasteiger partial charge in [-0.15, -0.1) is 10.2 Å². The second-order valence-electron chi connectivity index (χ2n) is 8.06. The number of aryl methyl sites for hydroxylation is 1. The Bertz CT molecular complexity index is 1050. The van der Waals surface area contributed by atoms with Crippen LogP contribution in [0.1, 0.15) is 50.6 Å². The van der Waals surface area contributed by atoms with Crippen LogP contribution in [0.3, 0.4) is 0 Å². The molecule has 1 heterocycles. The fourth-order valence-corrected chi connectivity index (χ4v) is 3.60. The van der Waals surface area contributed by atoms with E-state index in [4.69, 9.17) is 20.8 Å². The number of carbonyl (C=O) groups is 1. The van der Waals surface area contributed by atoms with Crippen LogP contribution in [0, 0.1) is 6.92 Å². The summed E-state index contributed by atoms with van der Waals surface area (Å²) in [5.41, 5.74) is 3.08. The van der Waals surface area contributed by atoms with Crippen molar-refractivity contribution in [3.05, 3.63) is 64.5 Å². The Morgan fingerprint density at radius 3 is 2.52 bits per heavy atom. The number of carbonyl (C=O) groups excluding carboxylic acids is 1. The van der Waals surface area contributed by atoms with Crippen LogP contribution in [0.4, 0.5) is 0 Å². The number of amides is 1. The number of rotatable bonds is 8. The molecule has 0 aliphatic carbocycles. The minimum absolute atomic E-state index is 0.0585. The third kappa shape index (κ3) is 5.64. The van der Waals surface area contributed by atoms with Crippen molar-refractivity contribution in [2.24, 2.45) is 0 Å². The molecule has 0 bridgehead atoms. The fourth-order valence-electron chi connectivity index (χ4n) is 3.38. The van der Waals surface area contributed by atoms with Crippen LogP contribution in [0.15, 0.2) is 46.9 Å². The van der Waals surface area contributed by atoms with Gasteiger partial charge in [0.1, 0.15) is 5.75 Å². The third-order valence-electron chi connectivity index (χ3n) is 5.05. The van der Waals surface area contributed by atoms with Gasteiger partial charge >= 0.3 is 0 Å². The first-order valence-electron chi connectivity index (χ1n) is 10.4. The quantitative estimate of drug-likeness (QED) is 0.452. The maximum atomic E-state index is 12.8. The molecule has 0 aliphatic rings. The Labute approximate surface area is 188 Å². The summed E-state index contributed by atoms with van der Waals surface area (Å²) in [7, 11) is 0. The van der Waals surface area contributed by atoms with Gasteiger partial charge in [-0.25, -0.2) is 0 Å². The number of hydrogen-bond acceptors (Lipinski definition) is 5. The van der Waals surface area contributed by atoms with Gasteiger partial charge in [0.25, 0.3) is 5.91 Å². The maximum Gasteiger partial charge on any atom is 0.261 e. The molecule has 0 atom stereocenters. The average Bonchev–Trinajstić information content (AvgIpc) is 3.18. The van der Waals surface area contributed by atoms with Gasteiger partial charge in [0, 0.05) is 6.04 Å². The molecule has 0 N–H and O–H groups in total. The molecule has 31 heavy (non-hydrogen) atoms. The van der Waals surface area contributed by atoms with Crippen LogP contribution in [0.5, 0.6) is 5.75 Å². The normalized spacial score (nSPS) is 11.2. The van der Waals surface area contributed by atoms with E-state index in [9.17, 15) is 4.79 Å². The van der Waals surface area contributed by atoms with Crippen LogP contribution in [-0.2, 0) is 11.3 Å². The van der Waals surface area contributed by atoms with Crippen LogP contribution in [-0.4, -0.2) is 33.7 Å². The topological polar surface area (TPSA) is 68.5 Å². The summed E-state index contributed by atoms with van der Waals surface area (Å²) in [5, 5.41) is 8.69. The second kappa shape index (κ2) is 9.96. The minimum atomic E-state index is -0.155. The van der Waals surface area contributed by atoms with Gasteiger partial charge in [0.15, 0.2) is 6.61 Å². The predicted molar refractivity (Wildman–Crippen MR) is 121 cm³/mol. The molecule has 164 valence electrons. The standard InChI is InChI=1S/C24H28ClN3O3/c1-15(2)19-11-10-18(12-17(19)5)30-14-23(29)28(16(3)4)13-22-26-27-24(31-22)20-8-6-7-9-21(20)25/h6-12,15-16H,13-14H2,1-5H3. The number of halogens is 1. The number of hydrogen-bond donors (Lipinski definition) is 0. The highest BCUT2D eigenvalue weighted by molar-refractivity contribution is 6.33. The predicted octanol–water partition coefficient (Wildman–Crippen LogP) is 5.64. The molecule has 3 rings (SSSR count). The highest BCUT2D eigenvalue weighted by Crippen LogP contribution is 2.27. The monoisotopic (exact) mass is 441 g/mol. The van der Waals surface area contributed by atoms with Gasteiger partial charge < -0.3 is 14.1 Å². The summed E-state index contributed by atoms with van der Waals surface area (Å²) in [6.07, 6.45) is 0. The molecule has 0 spiro atoms. The zero-order chi connectivity index (χ0) is 22.5. The summed E-state index contributed by atoms with van der Waals surface area (Å²) >= 11 is 6.20. The zero-order valence-corrected chi connectivity index (χ0v) is 19.3. The summed E-state index contributed by atoms with van der Waals surface area (Å²) in [5.74, 6) is 1.64. The molecule has 7 heteroatoms. The largest absolute Gasteiger partial charge is 0.484 e. The van der Waals surface area contributed by atoms with E-state index in [1.807, 2.05) is 44.2 Å². The summed E-state index contributed by atoms with van der Waals surface area (Å²) in [6, 6.07) is 13.1. The lowest BCUT2D eigenvalue weighted by Crippen LogP contribution is -2.39. The fraction of sp³-hybridized carbons (Fsp3) is 0.375. The minimum Gasteiger partial charge on any atom is -0.484 e. The van der Waals surface area contributed by atoms with Crippen LogP contribution in [0.25, 0.3) is 11.5 Å². The maximum absolute atomic E-state index is 12.8. The third-order valence-corrected chi connectivity index (χ3v) is 5.38. The molecule has 6 nitrogen and oxygen atoms in total. The molecule has 3 aromatic rings. The van der Waals surface area contributed by atoms with E-state index < -0.39 is 0 Å². The van der Waals surface area contributed by atoms with Gasteiger partial charge in [-0.3, -0.25) is 4.79 Å². The first-order chi connectivity index (χ1) is 14.8. The average molecular weight is 442 g/mol. The van der Waals surface area contributed by atoms with E-state index in [0.29, 0.717) is 34.0 Å². The molecular weight excluding hydrogens is 414 g/mol. The lowest BCUT2D eigenvalue weighted by Gasteiger charge is -2.25. The van der Waals surface area contributed by atoms with Gasteiger partial charge in [0.2, 0.25) is 11.8 Å². The van der Waals surface area contributed by atoms with Crippen molar-refractivity contribution in [1.29, 1.82) is 0 Å². The smallest absolute Gasteiger partial charge is 0.261 e. The molecule has 0 aliphatic heterocycles. The summed E-state index contributed by atoms with van der Waals surface area (Å²) < 4.78 is 11.5. The summed E-state index contributed by atoms with van der Waals surface area (Å²) in [4.78, 5) is 14.5. The Balaban J connectivity index is 1.66. The van der Waals surface area contributed by atoms with Crippen LogP contribution >= 0.6 is 11.6 Å². The van der Waals surface area contributed by atoms with Gasteiger partial charge in [-0.1, -0.05) is 43.6 Å². The van der Waals surface area contributed by atoms with Crippen LogP contribution < -0.4 is 4.74 Å². The van der Waals surface area contributed by atoms with E-state index in [2.05, 4.69) is 37.0 Å². The van der Waals surface area contributed by atoms with Crippen molar-refractivity contribution < 1.29 is 13.9 Å². The van der Waals surface area contributed by atoms with Gasteiger partial charge in [-0.05, 0) is 62.1 Å². The van der Waals surface area contributed by atoms with Crippen LogP contribution in [0.2, 0.25) is 5.02 Å². The number of aromatic nitrogens is 2. The van der Waals surface area contributed by atoms with Crippen molar-refractivity contribution in [3.63, 3.8) is 0 Å². The first-order valence-corrected chi connectivity index (χ1v) is 10.7. The summed E-state index contributed by atoms with van der Waals surface area (Å²) in [6.45, 7) is 10.4. The molecule has 0 unspecified atom stereocenters.